The van der Waals surface area contributed by atoms with Crippen molar-refractivity contribution in [3.63, 3.8) is 0 Å². The van der Waals surface area contributed by atoms with E-state index < -0.39 is 0 Å². The number of nitrogens with two attached hydrogens (primary N) is 1. The average Bonchev–Trinajstić information content (AvgIpc) is 2.96. The number of piperidine rings is 1. The molecule has 0 radical (unpaired) electrons. The minimum Gasteiger partial charge on any atom is -0.469 e. The van der Waals surface area contributed by atoms with E-state index in [-0.39, 0.29) is 5.60 Å². The van der Waals surface area contributed by atoms with E-state index in [9.17, 15) is 0 Å². The summed E-state index contributed by atoms with van der Waals surface area (Å²) in [5.41, 5.74) is 8.34. The highest BCUT2D eigenvalue weighted by Crippen LogP contribution is 2.68. The molecular weight excluding hydrogens is 290 g/mol. The first kappa shape index (κ1) is 12.6. The van der Waals surface area contributed by atoms with Crippen LogP contribution in [0.4, 0.5) is 0 Å². The van der Waals surface area contributed by atoms with Crippen LogP contribution < -0.4 is 10.5 Å². The molecule has 2 spiro atoms. The van der Waals surface area contributed by atoms with Gasteiger partial charge in [0, 0.05) is 48.3 Å². The first-order valence-corrected chi connectivity index (χ1v) is 8.45. The van der Waals surface area contributed by atoms with E-state index in [1.807, 2.05) is 18.3 Å². The van der Waals surface area contributed by atoms with Gasteiger partial charge < -0.3 is 14.9 Å². The number of pyridine rings is 1. The molecule has 0 bridgehead atoms. The second kappa shape index (κ2) is 3.79. The van der Waals surface area contributed by atoms with E-state index in [2.05, 4.69) is 16.0 Å². The Morgan fingerprint density at radius 2 is 2.35 bits per heavy atom. The number of aromatic nitrogens is 1. The van der Waals surface area contributed by atoms with Crippen LogP contribution >= 0.6 is 0 Å². The zero-order chi connectivity index (χ0) is 15.2. The molecule has 4 aliphatic rings. The van der Waals surface area contributed by atoms with Crippen LogP contribution in [0.1, 0.15) is 24.2 Å². The second-order valence-electron chi connectivity index (χ2n) is 7.53. The summed E-state index contributed by atoms with van der Waals surface area (Å²) in [6.07, 6.45) is 5.50. The fourth-order valence-electron chi connectivity index (χ4n) is 5.15. The minimum atomic E-state index is -0.0178. The van der Waals surface area contributed by atoms with Crippen molar-refractivity contribution in [1.82, 2.24) is 9.88 Å². The lowest BCUT2D eigenvalue weighted by Gasteiger charge is -2.39. The minimum absolute atomic E-state index is 0.0178. The van der Waals surface area contributed by atoms with Crippen molar-refractivity contribution in [3.8, 4) is 17.2 Å². The molecule has 3 atom stereocenters. The molecule has 0 aromatic carbocycles. The highest BCUT2D eigenvalue weighted by molar-refractivity contribution is 5.59. The Morgan fingerprint density at radius 3 is 3.00 bits per heavy atom. The van der Waals surface area contributed by atoms with Gasteiger partial charge in [-0.1, -0.05) is 0 Å². The van der Waals surface area contributed by atoms with Crippen LogP contribution in [0.3, 0.4) is 0 Å². The summed E-state index contributed by atoms with van der Waals surface area (Å²) in [5.74, 6) is 3.16. The third-order valence-electron chi connectivity index (χ3n) is 6.45. The lowest BCUT2D eigenvalue weighted by molar-refractivity contribution is 0.0450. The van der Waals surface area contributed by atoms with Crippen LogP contribution in [0.15, 0.2) is 28.8 Å². The third kappa shape index (κ3) is 1.43. The van der Waals surface area contributed by atoms with E-state index in [4.69, 9.17) is 14.9 Å². The Kier molecular flexibility index (Phi) is 2.07. The number of rotatable bonds is 2. The lowest BCUT2D eigenvalue weighted by Crippen LogP contribution is -2.49. The Hall–Kier alpha value is -1.85. The fraction of sp³-hybridized carbons (Fsp3) is 0.500. The normalized spacial score (nSPS) is 36.3. The van der Waals surface area contributed by atoms with E-state index >= 15 is 0 Å². The summed E-state index contributed by atoms with van der Waals surface area (Å²) in [6.45, 7) is 2.73. The van der Waals surface area contributed by atoms with Crippen LogP contribution in [0, 0.1) is 5.92 Å². The molecule has 6 rings (SSSR count). The Morgan fingerprint density at radius 1 is 1.39 bits per heavy atom. The highest BCUT2D eigenvalue weighted by Gasteiger charge is 2.77. The van der Waals surface area contributed by atoms with E-state index in [0.29, 0.717) is 18.0 Å². The first-order valence-electron chi connectivity index (χ1n) is 8.45. The van der Waals surface area contributed by atoms with Gasteiger partial charge in [0.05, 0.1) is 6.54 Å². The summed E-state index contributed by atoms with van der Waals surface area (Å²) in [4.78, 5) is 7.21. The molecule has 2 N–H and O–H groups in total. The molecule has 5 nitrogen and oxygen atoms in total. The molecule has 5 heterocycles. The van der Waals surface area contributed by atoms with Gasteiger partial charge in [-0.3, -0.25) is 4.90 Å². The van der Waals surface area contributed by atoms with Crippen molar-refractivity contribution in [3.05, 3.63) is 35.7 Å². The Balaban J connectivity index is 1.35. The van der Waals surface area contributed by atoms with Gasteiger partial charge in [-0.05, 0) is 31.0 Å². The Bertz CT molecular complexity index is 831. The van der Waals surface area contributed by atoms with Crippen molar-refractivity contribution in [2.45, 2.75) is 36.9 Å². The number of furan rings is 1. The number of hydrogen-bond acceptors (Lipinski definition) is 5. The van der Waals surface area contributed by atoms with Crippen molar-refractivity contribution in [2.75, 3.05) is 13.1 Å². The third-order valence-corrected chi connectivity index (χ3v) is 6.45. The molecule has 2 aromatic heterocycles. The molecule has 23 heavy (non-hydrogen) atoms. The topological polar surface area (TPSA) is 64.5 Å². The SMILES string of the molecule is NCc1ccc(-c2cnc3c(c2)C[C@@]2(CN4CCC45CC52)O3)o1. The summed E-state index contributed by atoms with van der Waals surface area (Å²) >= 11 is 0. The largest absolute Gasteiger partial charge is 0.469 e. The highest BCUT2D eigenvalue weighted by atomic mass is 16.5. The summed E-state index contributed by atoms with van der Waals surface area (Å²) in [5, 5.41) is 0. The number of nitrogens with zero attached hydrogens (tertiary/aromatic N) is 2. The molecule has 3 fully saturated rings. The molecular formula is C18H19N3O2. The molecule has 118 valence electrons. The van der Waals surface area contributed by atoms with Gasteiger partial charge in [-0.15, -0.1) is 0 Å². The molecule has 1 saturated carbocycles. The van der Waals surface area contributed by atoms with Crippen LogP contribution in [0.5, 0.6) is 5.88 Å². The fourth-order valence-corrected chi connectivity index (χ4v) is 5.15. The predicted octanol–water partition coefficient (Wildman–Crippen LogP) is 1.95. The smallest absolute Gasteiger partial charge is 0.217 e. The molecule has 1 aliphatic carbocycles. The van der Waals surface area contributed by atoms with Crippen molar-refractivity contribution >= 4 is 0 Å². The summed E-state index contributed by atoms with van der Waals surface area (Å²) in [6, 6.07) is 6.08. The van der Waals surface area contributed by atoms with Gasteiger partial charge in [-0.25, -0.2) is 4.98 Å². The van der Waals surface area contributed by atoms with Gasteiger partial charge in [-0.2, -0.15) is 0 Å². The average molecular weight is 309 g/mol. The van der Waals surface area contributed by atoms with E-state index in [1.54, 1.807) is 0 Å². The van der Waals surface area contributed by atoms with E-state index in [1.165, 1.54) is 24.9 Å². The number of ether oxygens (including phenoxy) is 1. The van der Waals surface area contributed by atoms with Crippen LogP contribution in [0.2, 0.25) is 0 Å². The Labute approximate surface area is 134 Å². The number of fused-ring (bicyclic) bond motifs is 2. The molecule has 5 heteroatoms. The van der Waals surface area contributed by atoms with Gasteiger partial charge in [0.1, 0.15) is 17.1 Å². The zero-order valence-corrected chi connectivity index (χ0v) is 12.9. The lowest BCUT2D eigenvalue weighted by atomic mass is 9.92. The van der Waals surface area contributed by atoms with E-state index in [0.717, 1.165) is 35.9 Å². The second-order valence-corrected chi connectivity index (χ2v) is 7.53. The standard InChI is InChI=1S/C18H19N3O2/c19-8-13-1-2-14(22-13)12-5-11-6-18(23-16(11)20-9-12)10-21-4-3-17(21)7-15(17)18/h1-2,5,9,15H,3-4,6-8,10,19H2/t15?,17?,18-/m0/s1. The first-order chi connectivity index (χ1) is 11.2. The maximum Gasteiger partial charge on any atom is 0.217 e. The zero-order valence-electron chi connectivity index (χ0n) is 12.9. The molecule has 2 aromatic rings. The van der Waals surface area contributed by atoms with Crippen LogP contribution in [-0.2, 0) is 13.0 Å². The van der Waals surface area contributed by atoms with Gasteiger partial charge in [0.15, 0.2) is 0 Å². The molecule has 3 aliphatic heterocycles. The van der Waals surface area contributed by atoms with Gasteiger partial charge >= 0.3 is 0 Å². The molecule has 2 saturated heterocycles. The maximum absolute atomic E-state index is 6.40. The van der Waals surface area contributed by atoms with Crippen molar-refractivity contribution in [2.24, 2.45) is 11.7 Å². The molecule has 2 unspecified atom stereocenters. The quantitative estimate of drug-likeness (QED) is 0.918. The van der Waals surface area contributed by atoms with Crippen LogP contribution in [0.25, 0.3) is 11.3 Å². The monoisotopic (exact) mass is 309 g/mol. The predicted molar refractivity (Wildman–Crippen MR) is 83.9 cm³/mol. The van der Waals surface area contributed by atoms with Gasteiger partial charge in [0.25, 0.3) is 0 Å². The van der Waals surface area contributed by atoms with Crippen LogP contribution in [-0.4, -0.2) is 34.1 Å². The maximum atomic E-state index is 6.40. The van der Waals surface area contributed by atoms with Crippen molar-refractivity contribution < 1.29 is 9.15 Å². The summed E-state index contributed by atoms with van der Waals surface area (Å²) in [7, 11) is 0. The van der Waals surface area contributed by atoms with Crippen molar-refractivity contribution in [1.29, 1.82) is 0 Å². The number of hydrogen-bond donors (Lipinski definition) is 1. The van der Waals surface area contributed by atoms with Gasteiger partial charge in [0.2, 0.25) is 5.88 Å². The summed E-state index contributed by atoms with van der Waals surface area (Å²) < 4.78 is 12.2. The molecule has 0 amide bonds.